The van der Waals surface area contributed by atoms with Crippen molar-refractivity contribution < 1.29 is 13.3 Å². The molecule has 3 aromatic heterocycles. The van der Waals surface area contributed by atoms with Crippen molar-refractivity contribution in [3.8, 4) is 0 Å². The van der Waals surface area contributed by atoms with E-state index in [-0.39, 0.29) is 11.8 Å². The summed E-state index contributed by atoms with van der Waals surface area (Å²) in [6, 6.07) is 13.0. The van der Waals surface area contributed by atoms with Gasteiger partial charge in [-0.25, -0.2) is 0 Å². The van der Waals surface area contributed by atoms with Crippen LogP contribution in [0.3, 0.4) is 0 Å². The van der Waals surface area contributed by atoms with Gasteiger partial charge in [0.2, 0.25) is 0 Å². The van der Waals surface area contributed by atoms with Crippen LogP contribution in [-0.2, 0) is 12.8 Å². The monoisotopic (exact) mass is 283 g/mol. The SMILES string of the molecule is CC(Cc1ccco1)c1[c]cc(C(C)Cc2ccco2)o1. The standard InChI is InChI=1S/C18H19O3/c1-13(11-15-5-3-9-19-15)17-7-8-18(21-17)14(2)12-16-6-4-10-20-16/h3-7,9-10,13-14H,11-12H2,1-2H3. The molecular formula is C18H19O3. The highest BCUT2D eigenvalue weighted by Gasteiger charge is 2.17. The predicted octanol–water partition coefficient (Wildman–Crippen LogP) is 4.96. The number of hydrogen-bond acceptors (Lipinski definition) is 3. The maximum absolute atomic E-state index is 5.97. The summed E-state index contributed by atoms with van der Waals surface area (Å²) < 4.78 is 16.7. The first-order chi connectivity index (χ1) is 10.2. The first kappa shape index (κ1) is 13.8. The zero-order chi connectivity index (χ0) is 14.7. The van der Waals surface area contributed by atoms with Gasteiger partial charge in [-0.1, -0.05) is 13.8 Å². The van der Waals surface area contributed by atoms with Crippen LogP contribution < -0.4 is 0 Å². The molecule has 0 aliphatic heterocycles. The zero-order valence-corrected chi connectivity index (χ0v) is 12.3. The number of hydrogen-bond donors (Lipinski definition) is 0. The molecule has 3 nitrogen and oxygen atoms in total. The molecule has 0 saturated carbocycles. The Morgan fingerprint density at radius 2 is 1.57 bits per heavy atom. The fourth-order valence-corrected chi connectivity index (χ4v) is 2.47. The molecule has 0 aliphatic rings. The zero-order valence-electron chi connectivity index (χ0n) is 12.3. The van der Waals surface area contributed by atoms with Crippen molar-refractivity contribution in [3.05, 3.63) is 72.0 Å². The highest BCUT2D eigenvalue weighted by atomic mass is 16.3. The van der Waals surface area contributed by atoms with Crippen molar-refractivity contribution in [2.45, 2.75) is 38.5 Å². The lowest BCUT2D eigenvalue weighted by Crippen LogP contribution is -1.97. The van der Waals surface area contributed by atoms with Crippen LogP contribution in [0, 0.1) is 6.07 Å². The highest BCUT2D eigenvalue weighted by molar-refractivity contribution is 5.16. The lowest BCUT2D eigenvalue weighted by Gasteiger charge is -2.08. The molecular weight excluding hydrogens is 264 g/mol. The lowest BCUT2D eigenvalue weighted by molar-refractivity contribution is 0.393. The normalized spacial score (nSPS) is 14.2. The van der Waals surface area contributed by atoms with E-state index in [0.29, 0.717) is 0 Å². The van der Waals surface area contributed by atoms with E-state index in [1.54, 1.807) is 12.5 Å². The lowest BCUT2D eigenvalue weighted by atomic mass is 10.0. The molecule has 3 heteroatoms. The summed E-state index contributed by atoms with van der Waals surface area (Å²) in [5, 5.41) is 0. The van der Waals surface area contributed by atoms with Gasteiger partial charge in [-0.05, 0) is 30.3 Å². The summed E-state index contributed by atoms with van der Waals surface area (Å²) in [5.41, 5.74) is 0. The van der Waals surface area contributed by atoms with E-state index in [4.69, 9.17) is 13.3 Å². The van der Waals surface area contributed by atoms with Gasteiger partial charge in [0.05, 0.1) is 12.5 Å². The van der Waals surface area contributed by atoms with Crippen molar-refractivity contribution >= 4 is 0 Å². The Morgan fingerprint density at radius 1 is 0.952 bits per heavy atom. The Balaban J connectivity index is 1.65. The Morgan fingerprint density at radius 3 is 2.14 bits per heavy atom. The molecule has 2 atom stereocenters. The van der Waals surface area contributed by atoms with Gasteiger partial charge in [-0.2, -0.15) is 0 Å². The second-order valence-corrected chi connectivity index (χ2v) is 5.53. The van der Waals surface area contributed by atoms with Crippen molar-refractivity contribution in [1.82, 2.24) is 0 Å². The summed E-state index contributed by atoms with van der Waals surface area (Å²) in [6.07, 6.45) is 5.06. The fraction of sp³-hybridized carbons (Fsp3) is 0.333. The fourth-order valence-electron chi connectivity index (χ4n) is 2.47. The minimum atomic E-state index is 0.251. The van der Waals surface area contributed by atoms with E-state index < -0.39 is 0 Å². The van der Waals surface area contributed by atoms with Crippen molar-refractivity contribution in [3.63, 3.8) is 0 Å². The topological polar surface area (TPSA) is 39.4 Å². The molecule has 1 radical (unpaired) electrons. The minimum Gasteiger partial charge on any atom is -0.469 e. The Labute approximate surface area is 124 Å². The molecule has 0 spiro atoms. The van der Waals surface area contributed by atoms with E-state index in [2.05, 4.69) is 19.9 Å². The molecule has 0 saturated heterocycles. The van der Waals surface area contributed by atoms with Crippen molar-refractivity contribution in [2.75, 3.05) is 0 Å². The maximum atomic E-state index is 5.97. The predicted molar refractivity (Wildman–Crippen MR) is 79.2 cm³/mol. The van der Waals surface area contributed by atoms with E-state index in [0.717, 1.165) is 35.9 Å². The van der Waals surface area contributed by atoms with Gasteiger partial charge in [0, 0.05) is 30.7 Å². The van der Waals surface area contributed by atoms with Crippen molar-refractivity contribution in [1.29, 1.82) is 0 Å². The van der Waals surface area contributed by atoms with Gasteiger partial charge in [0.1, 0.15) is 23.0 Å². The Kier molecular flexibility index (Phi) is 4.00. The highest BCUT2D eigenvalue weighted by Crippen LogP contribution is 2.27. The molecule has 0 amide bonds. The van der Waals surface area contributed by atoms with Crippen LogP contribution in [-0.4, -0.2) is 0 Å². The molecule has 0 fully saturated rings. The largest absolute Gasteiger partial charge is 0.469 e. The third kappa shape index (κ3) is 3.30. The van der Waals surface area contributed by atoms with E-state index in [1.165, 1.54) is 0 Å². The minimum absolute atomic E-state index is 0.251. The summed E-state index contributed by atoms with van der Waals surface area (Å²) in [7, 11) is 0. The summed E-state index contributed by atoms with van der Waals surface area (Å²) in [4.78, 5) is 0. The number of furan rings is 3. The molecule has 109 valence electrons. The molecule has 21 heavy (non-hydrogen) atoms. The average molecular weight is 283 g/mol. The third-order valence-corrected chi connectivity index (χ3v) is 3.69. The van der Waals surface area contributed by atoms with Crippen LogP contribution >= 0.6 is 0 Å². The quantitative estimate of drug-likeness (QED) is 0.642. The molecule has 0 bridgehead atoms. The van der Waals surface area contributed by atoms with Crippen LogP contribution in [0.2, 0.25) is 0 Å². The van der Waals surface area contributed by atoms with Gasteiger partial charge < -0.3 is 13.3 Å². The molecule has 3 rings (SSSR count). The number of rotatable bonds is 6. The van der Waals surface area contributed by atoms with Gasteiger partial charge in [-0.15, -0.1) is 0 Å². The molecule has 0 aromatic carbocycles. The van der Waals surface area contributed by atoms with Crippen LogP contribution in [0.4, 0.5) is 0 Å². The van der Waals surface area contributed by atoms with Gasteiger partial charge in [0.15, 0.2) is 0 Å². The van der Waals surface area contributed by atoms with Gasteiger partial charge in [0.25, 0.3) is 0 Å². The van der Waals surface area contributed by atoms with Crippen molar-refractivity contribution in [2.24, 2.45) is 0 Å². The second-order valence-electron chi connectivity index (χ2n) is 5.53. The van der Waals surface area contributed by atoms with Gasteiger partial charge in [-0.3, -0.25) is 0 Å². The van der Waals surface area contributed by atoms with Gasteiger partial charge >= 0.3 is 0 Å². The smallest absolute Gasteiger partial charge is 0.115 e. The second kappa shape index (κ2) is 6.08. The maximum Gasteiger partial charge on any atom is 0.115 e. The summed E-state index contributed by atoms with van der Waals surface area (Å²) >= 11 is 0. The average Bonchev–Trinajstić information content (AvgIpc) is 3.21. The molecule has 2 unspecified atom stereocenters. The summed E-state index contributed by atoms with van der Waals surface area (Å²) in [5.74, 6) is 4.31. The molecule has 3 aromatic rings. The van der Waals surface area contributed by atoms with E-state index in [1.807, 2.05) is 30.3 Å². The molecule has 0 N–H and O–H groups in total. The molecule has 3 heterocycles. The first-order valence-corrected chi connectivity index (χ1v) is 7.28. The molecule has 0 aliphatic carbocycles. The Hall–Kier alpha value is -2.16. The van der Waals surface area contributed by atoms with Crippen LogP contribution in [0.25, 0.3) is 0 Å². The van der Waals surface area contributed by atoms with E-state index in [9.17, 15) is 0 Å². The van der Waals surface area contributed by atoms with Crippen LogP contribution in [0.5, 0.6) is 0 Å². The first-order valence-electron chi connectivity index (χ1n) is 7.28. The van der Waals surface area contributed by atoms with Crippen LogP contribution in [0.1, 0.15) is 48.7 Å². The third-order valence-electron chi connectivity index (χ3n) is 3.69. The van der Waals surface area contributed by atoms with Crippen LogP contribution in [0.15, 0.2) is 56.1 Å². The van der Waals surface area contributed by atoms with E-state index >= 15 is 0 Å². The Bertz CT molecular complexity index is 590. The summed E-state index contributed by atoms with van der Waals surface area (Å²) in [6.45, 7) is 4.26.